The molecule has 1 unspecified atom stereocenters. The molecule has 0 radical (unpaired) electrons. The number of methoxy groups -OCH3 is 1. The third-order valence-corrected chi connectivity index (χ3v) is 2.94. The highest BCUT2D eigenvalue weighted by molar-refractivity contribution is 5.99. The maximum absolute atomic E-state index is 11.5. The zero-order chi connectivity index (χ0) is 12.6. The average molecular weight is 235 g/mol. The van der Waals surface area contributed by atoms with Crippen LogP contribution in [0.25, 0.3) is 0 Å². The topological polar surface area (TPSA) is 66.8 Å². The number of ether oxygens (including phenoxy) is 1. The van der Waals surface area contributed by atoms with Crippen LogP contribution in [0.3, 0.4) is 0 Å². The molecular weight excluding hydrogens is 222 g/mol. The molecule has 0 saturated carbocycles. The van der Waals surface area contributed by atoms with Gasteiger partial charge >= 0.3 is 5.97 Å². The van der Waals surface area contributed by atoms with E-state index in [1.165, 1.54) is 18.9 Å². The summed E-state index contributed by atoms with van der Waals surface area (Å²) in [4.78, 5) is 24.1. The van der Waals surface area contributed by atoms with E-state index in [0.717, 1.165) is 0 Å². The van der Waals surface area contributed by atoms with E-state index in [0.29, 0.717) is 17.0 Å². The molecule has 2 rings (SSSR count). The van der Waals surface area contributed by atoms with E-state index >= 15 is 0 Å². The summed E-state index contributed by atoms with van der Waals surface area (Å²) in [6.07, 6.45) is 0. The molecule has 5 heteroatoms. The number of carboxylic acid groups (broad SMARTS) is 1. The molecule has 1 aromatic carbocycles. The quantitative estimate of drug-likeness (QED) is 0.837. The molecule has 1 aromatic rings. The van der Waals surface area contributed by atoms with Crippen LogP contribution in [0.5, 0.6) is 5.75 Å². The number of nitrogens with zero attached hydrogens (tertiary/aromatic N) is 1. The van der Waals surface area contributed by atoms with Crippen molar-refractivity contribution in [3.8, 4) is 5.75 Å². The van der Waals surface area contributed by atoms with Gasteiger partial charge < -0.3 is 14.7 Å². The normalized spacial score (nSPS) is 17.8. The predicted octanol–water partition coefficient (Wildman–Crippen LogP) is 1.23. The third-order valence-electron chi connectivity index (χ3n) is 2.94. The Labute approximate surface area is 98.6 Å². The molecule has 1 aliphatic heterocycles. The molecule has 0 spiro atoms. The number of fused-ring (bicyclic) bond motifs is 1. The predicted molar refractivity (Wildman–Crippen MR) is 61.4 cm³/mol. The van der Waals surface area contributed by atoms with Gasteiger partial charge in [-0.3, -0.25) is 9.59 Å². The molecule has 1 aliphatic rings. The molecule has 1 amide bonds. The van der Waals surface area contributed by atoms with Crippen molar-refractivity contribution in [1.82, 2.24) is 0 Å². The van der Waals surface area contributed by atoms with Crippen LogP contribution in [0.15, 0.2) is 18.2 Å². The molecule has 0 aromatic heterocycles. The Morgan fingerprint density at radius 1 is 1.47 bits per heavy atom. The number of amides is 1. The molecule has 17 heavy (non-hydrogen) atoms. The molecule has 0 saturated heterocycles. The highest BCUT2D eigenvalue weighted by atomic mass is 16.5. The second kappa shape index (κ2) is 4.08. The first-order valence-corrected chi connectivity index (χ1v) is 5.24. The Morgan fingerprint density at radius 3 is 2.71 bits per heavy atom. The fraction of sp³-hybridized carbons (Fsp3) is 0.333. The molecule has 1 heterocycles. The first-order valence-electron chi connectivity index (χ1n) is 5.24. The van der Waals surface area contributed by atoms with Crippen molar-refractivity contribution in [3.63, 3.8) is 0 Å². The van der Waals surface area contributed by atoms with Crippen molar-refractivity contribution >= 4 is 17.6 Å². The summed E-state index contributed by atoms with van der Waals surface area (Å²) < 4.78 is 5.18. The monoisotopic (exact) mass is 235 g/mol. The number of carbonyl (C=O) groups is 2. The number of benzene rings is 1. The van der Waals surface area contributed by atoms with Crippen molar-refractivity contribution in [3.05, 3.63) is 23.8 Å². The van der Waals surface area contributed by atoms with Gasteiger partial charge in [-0.2, -0.15) is 0 Å². The summed E-state index contributed by atoms with van der Waals surface area (Å²) in [5.74, 6) is -1.26. The Kier molecular flexibility index (Phi) is 2.75. The smallest absolute Gasteiger partial charge is 0.312 e. The van der Waals surface area contributed by atoms with Gasteiger partial charge in [0.2, 0.25) is 5.91 Å². The second-order valence-corrected chi connectivity index (χ2v) is 3.92. The minimum atomic E-state index is -0.928. The van der Waals surface area contributed by atoms with E-state index < -0.39 is 11.9 Å². The largest absolute Gasteiger partial charge is 0.495 e. The summed E-state index contributed by atoms with van der Waals surface area (Å²) >= 11 is 0. The SMILES string of the molecule is COc1cccc2c1N(C(C)=O)CC2C(=O)O. The van der Waals surface area contributed by atoms with Gasteiger partial charge in [0.25, 0.3) is 0 Å². The summed E-state index contributed by atoms with van der Waals surface area (Å²) in [5, 5.41) is 9.14. The number of para-hydroxylation sites is 1. The maximum Gasteiger partial charge on any atom is 0.312 e. The van der Waals surface area contributed by atoms with Crippen LogP contribution in [0, 0.1) is 0 Å². The van der Waals surface area contributed by atoms with Gasteiger partial charge in [0, 0.05) is 13.5 Å². The van der Waals surface area contributed by atoms with Crippen LogP contribution in [0.4, 0.5) is 5.69 Å². The second-order valence-electron chi connectivity index (χ2n) is 3.92. The Morgan fingerprint density at radius 2 is 2.18 bits per heavy atom. The van der Waals surface area contributed by atoms with E-state index in [1.54, 1.807) is 18.2 Å². The fourth-order valence-electron chi connectivity index (χ4n) is 2.14. The molecule has 5 nitrogen and oxygen atoms in total. The number of carbonyl (C=O) groups excluding carboxylic acids is 1. The molecule has 0 bridgehead atoms. The number of hydrogen-bond acceptors (Lipinski definition) is 3. The number of carboxylic acids is 1. The van der Waals surface area contributed by atoms with Crippen LogP contribution in [-0.4, -0.2) is 30.6 Å². The Balaban J connectivity index is 2.58. The van der Waals surface area contributed by atoms with Crippen LogP contribution >= 0.6 is 0 Å². The molecular formula is C12H13NO4. The molecule has 0 aliphatic carbocycles. The lowest BCUT2D eigenvalue weighted by Crippen LogP contribution is -2.29. The summed E-state index contributed by atoms with van der Waals surface area (Å²) in [5.41, 5.74) is 1.21. The standard InChI is InChI=1S/C12H13NO4/c1-7(14)13-6-9(12(15)16)8-4-3-5-10(17-2)11(8)13/h3-5,9H,6H2,1-2H3,(H,15,16). The molecule has 1 N–H and O–H groups in total. The van der Waals surface area contributed by atoms with E-state index in [1.807, 2.05) is 0 Å². The molecule has 0 fully saturated rings. The van der Waals surface area contributed by atoms with Gasteiger partial charge in [-0.05, 0) is 11.6 Å². The summed E-state index contributed by atoms with van der Waals surface area (Å²) in [6, 6.07) is 5.18. The highest BCUT2D eigenvalue weighted by Crippen LogP contribution is 2.42. The average Bonchev–Trinajstić information content (AvgIpc) is 2.68. The molecule has 1 atom stereocenters. The lowest BCUT2D eigenvalue weighted by atomic mass is 10.0. The van der Waals surface area contributed by atoms with E-state index in [-0.39, 0.29) is 12.5 Å². The van der Waals surface area contributed by atoms with E-state index in [9.17, 15) is 9.59 Å². The minimum Gasteiger partial charge on any atom is -0.495 e. The van der Waals surface area contributed by atoms with Gasteiger partial charge in [-0.1, -0.05) is 12.1 Å². The van der Waals surface area contributed by atoms with Gasteiger partial charge in [0.05, 0.1) is 12.8 Å². The minimum absolute atomic E-state index is 0.167. The maximum atomic E-state index is 11.5. The van der Waals surface area contributed by atoms with Gasteiger partial charge in [0.15, 0.2) is 0 Å². The third kappa shape index (κ3) is 1.73. The number of rotatable bonds is 2. The Bertz CT molecular complexity index is 483. The first-order chi connectivity index (χ1) is 8.06. The van der Waals surface area contributed by atoms with E-state index in [4.69, 9.17) is 9.84 Å². The number of aliphatic carboxylic acids is 1. The lowest BCUT2D eigenvalue weighted by molar-refractivity contribution is -0.138. The summed E-state index contributed by atoms with van der Waals surface area (Å²) in [6.45, 7) is 1.58. The van der Waals surface area contributed by atoms with Crippen molar-refractivity contribution in [2.45, 2.75) is 12.8 Å². The van der Waals surface area contributed by atoms with Crippen molar-refractivity contribution in [2.24, 2.45) is 0 Å². The number of hydrogen-bond donors (Lipinski definition) is 1. The van der Waals surface area contributed by atoms with Crippen LogP contribution in [-0.2, 0) is 9.59 Å². The van der Waals surface area contributed by atoms with Crippen molar-refractivity contribution in [1.29, 1.82) is 0 Å². The van der Waals surface area contributed by atoms with Crippen LogP contribution < -0.4 is 9.64 Å². The van der Waals surface area contributed by atoms with Crippen molar-refractivity contribution < 1.29 is 19.4 Å². The highest BCUT2D eigenvalue weighted by Gasteiger charge is 2.37. The summed E-state index contributed by atoms with van der Waals surface area (Å²) in [7, 11) is 1.50. The number of anilines is 1. The Hall–Kier alpha value is -2.04. The lowest BCUT2D eigenvalue weighted by Gasteiger charge is -2.17. The van der Waals surface area contributed by atoms with Crippen LogP contribution in [0.2, 0.25) is 0 Å². The molecule has 90 valence electrons. The zero-order valence-electron chi connectivity index (χ0n) is 9.64. The van der Waals surface area contributed by atoms with Crippen LogP contribution in [0.1, 0.15) is 18.4 Å². The van der Waals surface area contributed by atoms with E-state index in [2.05, 4.69) is 0 Å². The van der Waals surface area contributed by atoms with Gasteiger partial charge in [-0.25, -0.2) is 0 Å². The van der Waals surface area contributed by atoms with Crippen molar-refractivity contribution in [2.75, 3.05) is 18.6 Å². The first kappa shape index (κ1) is 11.4. The fourth-order valence-corrected chi connectivity index (χ4v) is 2.14. The van der Waals surface area contributed by atoms with Gasteiger partial charge in [0.1, 0.15) is 11.7 Å². The zero-order valence-corrected chi connectivity index (χ0v) is 9.64. The van der Waals surface area contributed by atoms with Gasteiger partial charge in [-0.15, -0.1) is 0 Å².